The van der Waals surface area contributed by atoms with E-state index in [0.717, 1.165) is 18.7 Å². The lowest BCUT2D eigenvalue weighted by atomic mass is 10.1. The van der Waals surface area contributed by atoms with Crippen molar-refractivity contribution in [2.24, 2.45) is 0 Å². The van der Waals surface area contributed by atoms with Crippen LogP contribution in [0.4, 0.5) is 4.39 Å². The molecule has 1 aromatic heterocycles. The summed E-state index contributed by atoms with van der Waals surface area (Å²) in [5, 5.41) is 4.01. The van der Waals surface area contributed by atoms with Gasteiger partial charge in [0.05, 0.1) is 19.1 Å². The summed E-state index contributed by atoms with van der Waals surface area (Å²) in [4.78, 5) is 18.7. The fraction of sp³-hybridized carbons (Fsp3) is 0.500. The zero-order chi connectivity index (χ0) is 17.4. The van der Waals surface area contributed by atoms with Crippen LogP contribution in [0.3, 0.4) is 0 Å². The average Bonchev–Trinajstić information content (AvgIpc) is 3.33. The van der Waals surface area contributed by atoms with Gasteiger partial charge in [0.25, 0.3) is 5.89 Å². The van der Waals surface area contributed by atoms with Crippen LogP contribution in [0.5, 0.6) is 0 Å². The Morgan fingerprint density at radius 2 is 2.12 bits per heavy atom. The molecule has 2 fully saturated rings. The van der Waals surface area contributed by atoms with Gasteiger partial charge in [-0.1, -0.05) is 23.4 Å². The summed E-state index contributed by atoms with van der Waals surface area (Å²) in [5.74, 6) is 1.04. The van der Waals surface area contributed by atoms with E-state index in [0.29, 0.717) is 30.5 Å². The standard InChI is InChI=1S/C18H20FN3O3/c1-11-9-22(16(23)8-13-4-2-3-5-14(13)19)10-15(24-11)18-20-17(21-25-18)12-6-7-12/h2-5,11-12,15H,6-10H2,1H3/t11-,15-/m1/s1. The van der Waals surface area contributed by atoms with E-state index >= 15 is 0 Å². The minimum absolute atomic E-state index is 0.0310. The zero-order valence-corrected chi connectivity index (χ0v) is 14.0. The van der Waals surface area contributed by atoms with E-state index in [1.807, 2.05) is 6.92 Å². The van der Waals surface area contributed by atoms with Crippen LogP contribution in [-0.2, 0) is 16.0 Å². The van der Waals surface area contributed by atoms with Crippen LogP contribution in [0.1, 0.15) is 49.1 Å². The van der Waals surface area contributed by atoms with E-state index in [9.17, 15) is 9.18 Å². The molecule has 2 heterocycles. The van der Waals surface area contributed by atoms with Gasteiger partial charge in [0.2, 0.25) is 5.91 Å². The maximum Gasteiger partial charge on any atom is 0.257 e. The molecule has 0 radical (unpaired) electrons. The van der Waals surface area contributed by atoms with E-state index in [4.69, 9.17) is 9.26 Å². The number of morpholine rings is 1. The molecular weight excluding hydrogens is 325 g/mol. The van der Waals surface area contributed by atoms with Crippen LogP contribution in [0.15, 0.2) is 28.8 Å². The van der Waals surface area contributed by atoms with Crippen molar-refractivity contribution in [3.8, 4) is 0 Å². The molecule has 4 rings (SSSR count). The van der Waals surface area contributed by atoms with Crippen LogP contribution in [-0.4, -0.2) is 40.1 Å². The maximum absolute atomic E-state index is 13.8. The Hall–Kier alpha value is -2.28. The zero-order valence-electron chi connectivity index (χ0n) is 14.0. The number of hydrogen-bond donors (Lipinski definition) is 0. The van der Waals surface area contributed by atoms with E-state index in [1.165, 1.54) is 6.07 Å². The minimum atomic E-state index is -0.437. The number of nitrogens with zero attached hydrogens (tertiary/aromatic N) is 3. The molecule has 0 unspecified atom stereocenters. The van der Waals surface area contributed by atoms with Crippen molar-refractivity contribution in [3.63, 3.8) is 0 Å². The molecule has 6 nitrogen and oxygen atoms in total. The van der Waals surface area contributed by atoms with Gasteiger partial charge in [0, 0.05) is 12.5 Å². The Morgan fingerprint density at radius 1 is 1.32 bits per heavy atom. The van der Waals surface area contributed by atoms with Crippen molar-refractivity contribution in [2.75, 3.05) is 13.1 Å². The molecule has 1 saturated heterocycles. The van der Waals surface area contributed by atoms with Crippen LogP contribution >= 0.6 is 0 Å². The molecule has 0 bridgehead atoms. The Bertz CT molecular complexity index is 774. The lowest BCUT2D eigenvalue weighted by Crippen LogP contribution is -2.46. The number of benzene rings is 1. The quantitative estimate of drug-likeness (QED) is 0.852. The molecule has 1 aromatic carbocycles. The maximum atomic E-state index is 13.8. The number of amides is 1. The molecule has 0 N–H and O–H groups in total. The third-order valence-electron chi connectivity index (χ3n) is 4.59. The topological polar surface area (TPSA) is 68.5 Å². The summed E-state index contributed by atoms with van der Waals surface area (Å²) >= 11 is 0. The molecule has 2 aromatic rings. The highest BCUT2D eigenvalue weighted by Crippen LogP contribution is 2.39. The lowest BCUT2D eigenvalue weighted by Gasteiger charge is -2.35. The Morgan fingerprint density at radius 3 is 2.88 bits per heavy atom. The molecule has 0 spiro atoms. The van der Waals surface area contributed by atoms with Gasteiger partial charge in [-0.3, -0.25) is 4.79 Å². The highest BCUT2D eigenvalue weighted by Gasteiger charge is 2.35. The summed E-state index contributed by atoms with van der Waals surface area (Å²) in [5.41, 5.74) is 0.400. The van der Waals surface area contributed by atoms with E-state index in [2.05, 4.69) is 10.1 Å². The van der Waals surface area contributed by atoms with Crippen LogP contribution < -0.4 is 0 Å². The highest BCUT2D eigenvalue weighted by atomic mass is 19.1. The first kappa shape index (κ1) is 16.2. The van der Waals surface area contributed by atoms with Crippen molar-refractivity contribution in [1.82, 2.24) is 15.0 Å². The first-order valence-corrected chi connectivity index (χ1v) is 8.60. The number of halogens is 1. The van der Waals surface area contributed by atoms with E-state index < -0.39 is 6.10 Å². The Kier molecular flexibility index (Phi) is 4.25. The van der Waals surface area contributed by atoms with E-state index in [-0.39, 0.29) is 24.2 Å². The van der Waals surface area contributed by atoms with Crippen molar-refractivity contribution in [2.45, 2.75) is 44.3 Å². The first-order chi connectivity index (χ1) is 12.1. The minimum Gasteiger partial charge on any atom is -0.362 e. The monoisotopic (exact) mass is 345 g/mol. The highest BCUT2D eigenvalue weighted by molar-refractivity contribution is 5.79. The van der Waals surface area contributed by atoms with Gasteiger partial charge in [-0.15, -0.1) is 0 Å². The third-order valence-corrected chi connectivity index (χ3v) is 4.59. The number of aromatic nitrogens is 2. The molecule has 1 aliphatic heterocycles. The molecule has 2 atom stereocenters. The van der Waals surface area contributed by atoms with Crippen LogP contribution in [0.25, 0.3) is 0 Å². The second-order valence-corrected chi connectivity index (χ2v) is 6.77. The Labute approximate surface area is 145 Å². The smallest absolute Gasteiger partial charge is 0.257 e. The summed E-state index contributed by atoms with van der Waals surface area (Å²) in [6.07, 6.45) is 1.62. The van der Waals surface area contributed by atoms with Gasteiger partial charge in [-0.25, -0.2) is 4.39 Å². The molecule has 132 valence electrons. The summed E-state index contributed by atoms with van der Waals surface area (Å²) in [6, 6.07) is 6.34. The van der Waals surface area contributed by atoms with Crippen molar-refractivity contribution < 1.29 is 18.4 Å². The molecular formula is C18H20FN3O3. The van der Waals surface area contributed by atoms with E-state index in [1.54, 1.807) is 23.1 Å². The average molecular weight is 345 g/mol. The summed E-state index contributed by atoms with van der Waals surface area (Å²) < 4.78 is 25.0. The number of ether oxygens (including phenoxy) is 1. The van der Waals surface area contributed by atoms with Gasteiger partial charge in [-0.2, -0.15) is 4.98 Å². The molecule has 1 saturated carbocycles. The number of rotatable bonds is 4. The lowest BCUT2D eigenvalue weighted by molar-refractivity contribution is -0.146. The van der Waals surface area contributed by atoms with Crippen LogP contribution in [0.2, 0.25) is 0 Å². The third kappa shape index (κ3) is 3.56. The SMILES string of the molecule is C[C@@H]1CN(C(=O)Cc2ccccc2F)C[C@H](c2nc(C3CC3)no2)O1. The molecule has 25 heavy (non-hydrogen) atoms. The number of hydrogen-bond acceptors (Lipinski definition) is 5. The predicted molar refractivity (Wildman–Crippen MR) is 86.2 cm³/mol. The number of carbonyl (C=O) groups excluding carboxylic acids is 1. The molecule has 1 aliphatic carbocycles. The van der Waals surface area contributed by atoms with Gasteiger partial charge in [0.15, 0.2) is 11.9 Å². The first-order valence-electron chi connectivity index (χ1n) is 8.60. The van der Waals surface area contributed by atoms with Gasteiger partial charge in [0.1, 0.15) is 5.82 Å². The number of carbonyl (C=O) groups is 1. The second-order valence-electron chi connectivity index (χ2n) is 6.77. The summed E-state index contributed by atoms with van der Waals surface area (Å²) in [7, 11) is 0. The second kappa shape index (κ2) is 6.55. The van der Waals surface area contributed by atoms with Crippen molar-refractivity contribution in [3.05, 3.63) is 47.4 Å². The summed E-state index contributed by atoms with van der Waals surface area (Å²) in [6.45, 7) is 2.70. The predicted octanol–water partition coefficient (Wildman–Crippen LogP) is 2.62. The largest absolute Gasteiger partial charge is 0.362 e. The molecule has 1 amide bonds. The van der Waals surface area contributed by atoms with Crippen molar-refractivity contribution in [1.29, 1.82) is 0 Å². The normalized spacial score (nSPS) is 23.7. The van der Waals surface area contributed by atoms with Crippen LogP contribution in [0, 0.1) is 5.82 Å². The van der Waals surface area contributed by atoms with Gasteiger partial charge < -0.3 is 14.2 Å². The molecule has 2 aliphatic rings. The van der Waals surface area contributed by atoms with Crippen molar-refractivity contribution >= 4 is 5.91 Å². The fourth-order valence-electron chi connectivity index (χ4n) is 3.09. The molecule has 7 heteroatoms. The fourth-order valence-corrected chi connectivity index (χ4v) is 3.09. The van der Waals surface area contributed by atoms with Gasteiger partial charge in [-0.05, 0) is 31.4 Å². The Balaban J connectivity index is 1.46. The van der Waals surface area contributed by atoms with Gasteiger partial charge >= 0.3 is 0 Å².